The van der Waals surface area contributed by atoms with Gasteiger partial charge < -0.3 is 10.5 Å². The molecule has 0 aromatic carbocycles. The van der Waals surface area contributed by atoms with Crippen LogP contribution in [0.2, 0.25) is 0 Å². The van der Waals surface area contributed by atoms with E-state index in [0.29, 0.717) is 17.4 Å². The van der Waals surface area contributed by atoms with Crippen LogP contribution in [-0.2, 0) is 7.05 Å². The molecule has 0 aliphatic carbocycles. The lowest BCUT2D eigenvalue weighted by molar-refractivity contribution is 0.429. The number of rotatable bonds is 2. The van der Waals surface area contributed by atoms with Crippen molar-refractivity contribution in [3.63, 3.8) is 0 Å². The van der Waals surface area contributed by atoms with Gasteiger partial charge in [0.25, 0.3) is 0 Å². The van der Waals surface area contributed by atoms with Gasteiger partial charge in [-0.3, -0.25) is 0 Å². The minimum absolute atomic E-state index is 0.475. The van der Waals surface area contributed by atoms with Crippen molar-refractivity contribution in [2.75, 3.05) is 5.73 Å². The minimum Gasteiger partial charge on any atom is -0.438 e. The van der Waals surface area contributed by atoms with E-state index in [9.17, 15) is 0 Å². The molecule has 2 aromatic rings. The molecule has 5 heteroatoms. The molecule has 0 unspecified atom stereocenters. The van der Waals surface area contributed by atoms with E-state index in [1.54, 1.807) is 23.0 Å². The Kier molecular flexibility index (Phi) is 2.29. The standard InChI is InChI=1S/C10H12N4O/c1-7-5-10(14(2)13-7)15-8-3-4-9(11)12-6-8/h3-6H,1-2H3,(H2,11,12). The lowest BCUT2D eigenvalue weighted by Crippen LogP contribution is -1.96. The number of ether oxygens (including phenoxy) is 1. The Morgan fingerprint density at radius 2 is 2.20 bits per heavy atom. The zero-order chi connectivity index (χ0) is 10.8. The van der Waals surface area contributed by atoms with Crippen LogP contribution in [0.5, 0.6) is 11.6 Å². The predicted octanol–water partition coefficient (Wildman–Crippen LogP) is 1.50. The molecule has 0 radical (unpaired) electrons. The monoisotopic (exact) mass is 204 g/mol. The molecule has 2 rings (SSSR count). The minimum atomic E-state index is 0.475. The topological polar surface area (TPSA) is 66.0 Å². The van der Waals surface area contributed by atoms with Crippen molar-refractivity contribution in [3.8, 4) is 11.6 Å². The number of aromatic nitrogens is 3. The molecule has 0 atom stereocenters. The molecule has 0 spiro atoms. The second-order valence-corrected chi connectivity index (χ2v) is 3.27. The molecule has 0 saturated carbocycles. The molecular weight excluding hydrogens is 192 g/mol. The summed E-state index contributed by atoms with van der Waals surface area (Å²) in [6.45, 7) is 1.91. The number of nitrogens with two attached hydrogens (primary N) is 1. The Hall–Kier alpha value is -2.04. The number of nitrogen functional groups attached to an aromatic ring is 1. The summed E-state index contributed by atoms with van der Waals surface area (Å²) in [4.78, 5) is 3.93. The highest BCUT2D eigenvalue weighted by Crippen LogP contribution is 2.20. The lowest BCUT2D eigenvalue weighted by atomic mass is 10.4. The summed E-state index contributed by atoms with van der Waals surface area (Å²) < 4.78 is 7.24. The second-order valence-electron chi connectivity index (χ2n) is 3.27. The van der Waals surface area contributed by atoms with Gasteiger partial charge >= 0.3 is 0 Å². The Bertz CT molecular complexity index is 461. The lowest BCUT2D eigenvalue weighted by Gasteiger charge is -2.04. The fraction of sp³-hybridized carbons (Fsp3) is 0.200. The maximum Gasteiger partial charge on any atom is 0.217 e. The highest BCUT2D eigenvalue weighted by atomic mass is 16.5. The largest absolute Gasteiger partial charge is 0.438 e. The van der Waals surface area contributed by atoms with Gasteiger partial charge in [-0.2, -0.15) is 5.10 Å². The van der Waals surface area contributed by atoms with Crippen LogP contribution < -0.4 is 10.5 Å². The van der Waals surface area contributed by atoms with Gasteiger partial charge in [0.15, 0.2) is 0 Å². The van der Waals surface area contributed by atoms with Gasteiger partial charge in [-0.25, -0.2) is 9.67 Å². The van der Waals surface area contributed by atoms with Crippen molar-refractivity contribution in [2.24, 2.45) is 7.05 Å². The first-order chi connectivity index (χ1) is 7.15. The number of anilines is 1. The van der Waals surface area contributed by atoms with E-state index in [4.69, 9.17) is 10.5 Å². The van der Waals surface area contributed by atoms with Gasteiger partial charge in [-0.15, -0.1) is 0 Å². The van der Waals surface area contributed by atoms with Crippen molar-refractivity contribution in [2.45, 2.75) is 6.92 Å². The van der Waals surface area contributed by atoms with E-state index in [-0.39, 0.29) is 0 Å². The molecule has 5 nitrogen and oxygen atoms in total. The molecule has 0 amide bonds. The number of nitrogens with zero attached hydrogens (tertiary/aromatic N) is 3. The summed E-state index contributed by atoms with van der Waals surface area (Å²) in [5.41, 5.74) is 6.38. The Labute approximate surface area is 87.5 Å². The molecule has 0 aliphatic heterocycles. The molecule has 78 valence electrons. The third-order valence-corrected chi connectivity index (χ3v) is 1.94. The molecule has 0 fully saturated rings. The average molecular weight is 204 g/mol. The van der Waals surface area contributed by atoms with Crippen LogP contribution in [-0.4, -0.2) is 14.8 Å². The van der Waals surface area contributed by atoms with Crippen LogP contribution in [0, 0.1) is 6.92 Å². The van der Waals surface area contributed by atoms with Crippen LogP contribution in [0.15, 0.2) is 24.4 Å². The normalized spacial score (nSPS) is 10.3. The maximum atomic E-state index is 5.57. The summed E-state index contributed by atoms with van der Waals surface area (Å²) in [6.07, 6.45) is 1.58. The fourth-order valence-corrected chi connectivity index (χ4v) is 1.26. The first kappa shape index (κ1) is 9.51. The number of hydrogen-bond donors (Lipinski definition) is 1. The maximum absolute atomic E-state index is 5.57. The van der Waals surface area contributed by atoms with E-state index < -0.39 is 0 Å². The summed E-state index contributed by atoms with van der Waals surface area (Å²) >= 11 is 0. The SMILES string of the molecule is Cc1cc(Oc2ccc(N)nc2)n(C)n1. The average Bonchev–Trinajstić information content (AvgIpc) is 2.49. The van der Waals surface area contributed by atoms with Gasteiger partial charge in [0.2, 0.25) is 5.88 Å². The number of hydrogen-bond acceptors (Lipinski definition) is 4. The van der Waals surface area contributed by atoms with E-state index in [2.05, 4.69) is 10.1 Å². The Balaban J connectivity index is 2.21. The van der Waals surface area contributed by atoms with Crippen molar-refractivity contribution >= 4 is 5.82 Å². The zero-order valence-electron chi connectivity index (χ0n) is 8.64. The van der Waals surface area contributed by atoms with Crippen LogP contribution in [0.1, 0.15) is 5.69 Å². The Morgan fingerprint density at radius 3 is 2.73 bits per heavy atom. The first-order valence-corrected chi connectivity index (χ1v) is 4.55. The van der Waals surface area contributed by atoms with Crippen LogP contribution in [0.25, 0.3) is 0 Å². The third kappa shape index (κ3) is 2.07. The Morgan fingerprint density at radius 1 is 1.40 bits per heavy atom. The van der Waals surface area contributed by atoms with E-state index in [0.717, 1.165) is 5.69 Å². The molecule has 2 aromatic heterocycles. The highest BCUT2D eigenvalue weighted by Gasteiger charge is 2.04. The molecule has 0 saturated heterocycles. The predicted molar refractivity (Wildman–Crippen MR) is 56.7 cm³/mol. The number of pyridine rings is 1. The molecule has 15 heavy (non-hydrogen) atoms. The highest BCUT2D eigenvalue weighted by molar-refractivity contribution is 5.34. The van der Waals surface area contributed by atoms with Crippen LogP contribution in [0.4, 0.5) is 5.82 Å². The smallest absolute Gasteiger partial charge is 0.217 e. The van der Waals surface area contributed by atoms with Gasteiger partial charge in [-0.1, -0.05) is 0 Å². The van der Waals surface area contributed by atoms with Crippen LogP contribution in [0.3, 0.4) is 0 Å². The summed E-state index contributed by atoms with van der Waals surface area (Å²) in [6, 6.07) is 5.32. The molecule has 0 bridgehead atoms. The second kappa shape index (κ2) is 3.61. The van der Waals surface area contributed by atoms with Crippen molar-refractivity contribution in [1.82, 2.24) is 14.8 Å². The van der Waals surface area contributed by atoms with E-state index >= 15 is 0 Å². The summed E-state index contributed by atoms with van der Waals surface area (Å²) in [5.74, 6) is 1.80. The molecule has 2 N–H and O–H groups in total. The quantitative estimate of drug-likeness (QED) is 0.805. The summed E-state index contributed by atoms with van der Waals surface area (Å²) in [5, 5.41) is 4.17. The molecule has 2 heterocycles. The van der Waals surface area contributed by atoms with Gasteiger partial charge in [0.05, 0.1) is 11.9 Å². The fourth-order valence-electron chi connectivity index (χ4n) is 1.26. The molecule has 0 aliphatic rings. The third-order valence-electron chi connectivity index (χ3n) is 1.94. The van der Waals surface area contributed by atoms with Gasteiger partial charge in [0.1, 0.15) is 11.6 Å². The first-order valence-electron chi connectivity index (χ1n) is 4.55. The number of aryl methyl sites for hydroxylation is 2. The van der Waals surface area contributed by atoms with E-state index in [1.165, 1.54) is 0 Å². The van der Waals surface area contributed by atoms with Gasteiger partial charge in [0, 0.05) is 13.1 Å². The van der Waals surface area contributed by atoms with E-state index in [1.807, 2.05) is 20.0 Å². The molecular formula is C10H12N4O. The van der Waals surface area contributed by atoms with Crippen LogP contribution >= 0.6 is 0 Å². The van der Waals surface area contributed by atoms with Gasteiger partial charge in [-0.05, 0) is 19.1 Å². The zero-order valence-corrected chi connectivity index (χ0v) is 8.64. The summed E-state index contributed by atoms with van der Waals surface area (Å²) in [7, 11) is 1.83. The van der Waals surface area contributed by atoms with Crippen molar-refractivity contribution in [3.05, 3.63) is 30.1 Å². The van der Waals surface area contributed by atoms with Crippen molar-refractivity contribution in [1.29, 1.82) is 0 Å². The van der Waals surface area contributed by atoms with Crippen molar-refractivity contribution < 1.29 is 4.74 Å².